The topological polar surface area (TPSA) is 30.5 Å². The standard InChI is InChI=1S/C19H25NO2/c1-3-21-18-10-7-8-16(14-18)15-20-13-12-17-9-5-6-11-19(17)22-4-2/h5-11,14,20H,3-4,12-13,15H2,1-2H3. The normalized spacial score (nSPS) is 10.5. The lowest BCUT2D eigenvalue weighted by molar-refractivity contribution is 0.336. The van der Waals surface area contributed by atoms with Gasteiger partial charge in [-0.15, -0.1) is 0 Å². The molecule has 0 aliphatic heterocycles. The number of hydrogen-bond acceptors (Lipinski definition) is 3. The number of hydrogen-bond donors (Lipinski definition) is 1. The van der Waals surface area contributed by atoms with E-state index in [0.29, 0.717) is 13.2 Å². The van der Waals surface area contributed by atoms with E-state index in [2.05, 4.69) is 29.6 Å². The van der Waals surface area contributed by atoms with Gasteiger partial charge in [0.2, 0.25) is 0 Å². The van der Waals surface area contributed by atoms with Gasteiger partial charge >= 0.3 is 0 Å². The van der Waals surface area contributed by atoms with Crippen LogP contribution < -0.4 is 14.8 Å². The van der Waals surface area contributed by atoms with Crippen molar-refractivity contribution in [1.82, 2.24) is 5.32 Å². The van der Waals surface area contributed by atoms with Crippen LogP contribution in [0.1, 0.15) is 25.0 Å². The van der Waals surface area contributed by atoms with E-state index in [9.17, 15) is 0 Å². The van der Waals surface area contributed by atoms with E-state index in [1.807, 2.05) is 38.1 Å². The number of benzene rings is 2. The Kier molecular flexibility index (Phi) is 6.78. The lowest BCUT2D eigenvalue weighted by Crippen LogP contribution is -2.17. The van der Waals surface area contributed by atoms with Crippen LogP contribution in [0.5, 0.6) is 11.5 Å². The molecule has 2 aromatic carbocycles. The van der Waals surface area contributed by atoms with Crippen molar-refractivity contribution in [2.75, 3.05) is 19.8 Å². The second kappa shape index (κ2) is 9.11. The predicted octanol–water partition coefficient (Wildman–Crippen LogP) is 3.82. The molecule has 1 N–H and O–H groups in total. The highest BCUT2D eigenvalue weighted by Crippen LogP contribution is 2.18. The van der Waals surface area contributed by atoms with Crippen LogP contribution in [-0.2, 0) is 13.0 Å². The van der Waals surface area contributed by atoms with Crippen molar-refractivity contribution in [2.45, 2.75) is 26.8 Å². The minimum atomic E-state index is 0.699. The molecule has 3 heteroatoms. The Morgan fingerprint density at radius 3 is 2.55 bits per heavy atom. The van der Waals surface area contributed by atoms with Gasteiger partial charge in [0.15, 0.2) is 0 Å². The van der Waals surface area contributed by atoms with Crippen LogP contribution in [0.15, 0.2) is 48.5 Å². The monoisotopic (exact) mass is 299 g/mol. The van der Waals surface area contributed by atoms with Crippen LogP contribution in [-0.4, -0.2) is 19.8 Å². The predicted molar refractivity (Wildman–Crippen MR) is 90.6 cm³/mol. The van der Waals surface area contributed by atoms with E-state index in [1.54, 1.807) is 0 Å². The summed E-state index contributed by atoms with van der Waals surface area (Å²) in [4.78, 5) is 0. The van der Waals surface area contributed by atoms with E-state index in [4.69, 9.17) is 9.47 Å². The molecule has 0 atom stereocenters. The van der Waals surface area contributed by atoms with Gasteiger partial charge in [-0.2, -0.15) is 0 Å². The van der Waals surface area contributed by atoms with E-state index >= 15 is 0 Å². The molecule has 0 aromatic heterocycles. The maximum atomic E-state index is 5.65. The molecule has 0 fully saturated rings. The molecule has 0 spiro atoms. The zero-order valence-electron chi connectivity index (χ0n) is 13.5. The van der Waals surface area contributed by atoms with Gasteiger partial charge in [-0.05, 0) is 56.1 Å². The van der Waals surface area contributed by atoms with E-state index < -0.39 is 0 Å². The Bertz CT molecular complexity index is 569. The van der Waals surface area contributed by atoms with Crippen molar-refractivity contribution in [3.8, 4) is 11.5 Å². The van der Waals surface area contributed by atoms with Gasteiger partial charge in [-0.25, -0.2) is 0 Å². The highest BCUT2D eigenvalue weighted by Gasteiger charge is 2.02. The average Bonchev–Trinajstić information content (AvgIpc) is 2.54. The number of ether oxygens (including phenoxy) is 2. The molecule has 0 amide bonds. The third-order valence-corrected chi connectivity index (χ3v) is 3.38. The summed E-state index contributed by atoms with van der Waals surface area (Å²) in [6.07, 6.45) is 0.960. The zero-order valence-corrected chi connectivity index (χ0v) is 13.5. The van der Waals surface area contributed by atoms with Crippen LogP contribution >= 0.6 is 0 Å². The van der Waals surface area contributed by atoms with Crippen LogP contribution in [0.4, 0.5) is 0 Å². The summed E-state index contributed by atoms with van der Waals surface area (Å²) in [5.74, 6) is 1.92. The SMILES string of the molecule is CCOc1cccc(CNCCc2ccccc2OCC)c1. The summed E-state index contributed by atoms with van der Waals surface area (Å²) in [6.45, 7) is 7.18. The van der Waals surface area contributed by atoms with Crippen LogP contribution in [0, 0.1) is 0 Å². The van der Waals surface area contributed by atoms with Crippen molar-refractivity contribution in [2.24, 2.45) is 0 Å². The number of para-hydroxylation sites is 1. The molecule has 0 aliphatic carbocycles. The minimum absolute atomic E-state index is 0.699. The van der Waals surface area contributed by atoms with Gasteiger partial charge in [0, 0.05) is 6.54 Å². The first-order valence-electron chi connectivity index (χ1n) is 7.96. The maximum absolute atomic E-state index is 5.65. The molecule has 0 saturated heterocycles. The fourth-order valence-electron chi connectivity index (χ4n) is 2.37. The smallest absolute Gasteiger partial charge is 0.122 e. The largest absolute Gasteiger partial charge is 0.494 e. The van der Waals surface area contributed by atoms with Gasteiger partial charge in [0.1, 0.15) is 11.5 Å². The summed E-state index contributed by atoms with van der Waals surface area (Å²) in [6, 6.07) is 16.5. The third-order valence-electron chi connectivity index (χ3n) is 3.38. The van der Waals surface area contributed by atoms with Crippen molar-refractivity contribution in [1.29, 1.82) is 0 Å². The van der Waals surface area contributed by atoms with Crippen molar-refractivity contribution in [3.63, 3.8) is 0 Å². The lowest BCUT2D eigenvalue weighted by atomic mass is 10.1. The summed E-state index contributed by atoms with van der Waals surface area (Å²) in [7, 11) is 0. The summed E-state index contributed by atoms with van der Waals surface area (Å²) >= 11 is 0. The first-order valence-corrected chi connectivity index (χ1v) is 7.96. The van der Waals surface area contributed by atoms with E-state index in [1.165, 1.54) is 11.1 Å². The summed E-state index contributed by atoms with van der Waals surface area (Å²) < 4.78 is 11.2. The Morgan fingerprint density at radius 1 is 0.909 bits per heavy atom. The molecule has 22 heavy (non-hydrogen) atoms. The average molecular weight is 299 g/mol. The Labute approximate surface area is 133 Å². The van der Waals surface area contributed by atoms with Crippen LogP contribution in [0.2, 0.25) is 0 Å². The molecule has 0 unspecified atom stereocenters. The van der Waals surface area contributed by atoms with Crippen molar-refractivity contribution >= 4 is 0 Å². The second-order valence-electron chi connectivity index (χ2n) is 5.05. The second-order valence-corrected chi connectivity index (χ2v) is 5.05. The van der Waals surface area contributed by atoms with Gasteiger partial charge < -0.3 is 14.8 Å². The Hall–Kier alpha value is -2.00. The minimum Gasteiger partial charge on any atom is -0.494 e. The molecule has 2 rings (SSSR count). The molecule has 3 nitrogen and oxygen atoms in total. The summed E-state index contributed by atoms with van der Waals surface area (Å²) in [5.41, 5.74) is 2.49. The van der Waals surface area contributed by atoms with Gasteiger partial charge in [-0.1, -0.05) is 30.3 Å². The molecule has 0 bridgehead atoms. The molecule has 0 saturated carbocycles. The molecule has 118 valence electrons. The molecule has 0 heterocycles. The highest BCUT2D eigenvalue weighted by atomic mass is 16.5. The number of nitrogens with one attached hydrogen (secondary N) is 1. The fraction of sp³-hybridized carbons (Fsp3) is 0.368. The highest BCUT2D eigenvalue weighted by molar-refractivity contribution is 5.33. The van der Waals surface area contributed by atoms with E-state index in [-0.39, 0.29) is 0 Å². The summed E-state index contributed by atoms with van der Waals surface area (Å²) in [5, 5.41) is 3.48. The first-order chi connectivity index (χ1) is 10.8. The maximum Gasteiger partial charge on any atom is 0.122 e. The van der Waals surface area contributed by atoms with Gasteiger partial charge in [-0.3, -0.25) is 0 Å². The van der Waals surface area contributed by atoms with Gasteiger partial charge in [0.25, 0.3) is 0 Å². The number of rotatable bonds is 9. The Balaban J connectivity index is 1.81. The molecular formula is C19H25NO2. The lowest BCUT2D eigenvalue weighted by Gasteiger charge is -2.11. The molecule has 0 radical (unpaired) electrons. The Morgan fingerprint density at radius 2 is 1.73 bits per heavy atom. The molecule has 0 aliphatic rings. The molecule has 2 aromatic rings. The fourth-order valence-corrected chi connectivity index (χ4v) is 2.37. The first kappa shape index (κ1) is 16.4. The zero-order chi connectivity index (χ0) is 15.6. The van der Waals surface area contributed by atoms with Crippen LogP contribution in [0.3, 0.4) is 0 Å². The molecular weight excluding hydrogens is 274 g/mol. The van der Waals surface area contributed by atoms with Crippen molar-refractivity contribution in [3.05, 3.63) is 59.7 Å². The van der Waals surface area contributed by atoms with E-state index in [0.717, 1.165) is 31.0 Å². The van der Waals surface area contributed by atoms with Crippen molar-refractivity contribution < 1.29 is 9.47 Å². The third kappa shape index (κ3) is 5.08. The van der Waals surface area contributed by atoms with Crippen LogP contribution in [0.25, 0.3) is 0 Å². The van der Waals surface area contributed by atoms with Gasteiger partial charge in [0.05, 0.1) is 13.2 Å². The quantitative estimate of drug-likeness (QED) is 0.714.